The van der Waals surface area contributed by atoms with Crippen LogP contribution in [0.2, 0.25) is 5.02 Å². The second-order valence-electron chi connectivity index (χ2n) is 5.62. The van der Waals surface area contributed by atoms with E-state index in [1.807, 2.05) is 12.1 Å². The summed E-state index contributed by atoms with van der Waals surface area (Å²) >= 11 is 5.84. The van der Waals surface area contributed by atoms with Gasteiger partial charge in [-0.25, -0.2) is 4.68 Å². The first kappa shape index (κ1) is 15.5. The summed E-state index contributed by atoms with van der Waals surface area (Å²) in [6, 6.07) is 7.18. The first-order valence-electron chi connectivity index (χ1n) is 6.55. The molecule has 112 valence electrons. The van der Waals surface area contributed by atoms with Crippen molar-refractivity contribution in [3.8, 4) is 5.69 Å². The highest BCUT2D eigenvalue weighted by atomic mass is 35.5. The monoisotopic (exact) mass is 307 g/mol. The van der Waals surface area contributed by atoms with E-state index in [0.29, 0.717) is 10.6 Å². The molecule has 0 aliphatic carbocycles. The molecule has 1 heterocycles. The molecule has 2 aromatic rings. The lowest BCUT2D eigenvalue weighted by Crippen LogP contribution is -2.39. The van der Waals surface area contributed by atoms with Crippen molar-refractivity contribution in [2.45, 2.75) is 19.4 Å². The number of amides is 1. The summed E-state index contributed by atoms with van der Waals surface area (Å²) in [4.78, 5) is 13.7. The molecule has 6 heteroatoms. The van der Waals surface area contributed by atoms with Gasteiger partial charge in [0.1, 0.15) is 0 Å². The standard InChI is InChI=1S/C15H18ClN3O2/c1-15(2,21)10-18(3)14(20)11-8-17-19(9-11)13-6-4-12(16)5-7-13/h4-9,21H,10H2,1-3H3. The molecule has 0 saturated heterocycles. The van der Waals surface area contributed by atoms with Gasteiger partial charge in [-0.2, -0.15) is 5.10 Å². The minimum atomic E-state index is -0.934. The summed E-state index contributed by atoms with van der Waals surface area (Å²) in [6.45, 7) is 3.57. The van der Waals surface area contributed by atoms with Crippen LogP contribution in [0.25, 0.3) is 5.69 Å². The Hall–Kier alpha value is -1.85. The molecular formula is C15H18ClN3O2. The van der Waals surface area contributed by atoms with Gasteiger partial charge < -0.3 is 10.0 Å². The van der Waals surface area contributed by atoms with E-state index >= 15 is 0 Å². The van der Waals surface area contributed by atoms with Gasteiger partial charge in [0.25, 0.3) is 5.91 Å². The van der Waals surface area contributed by atoms with Crippen LogP contribution in [-0.2, 0) is 0 Å². The normalized spacial score (nSPS) is 11.5. The largest absolute Gasteiger partial charge is 0.389 e. The molecule has 0 saturated carbocycles. The number of hydrogen-bond acceptors (Lipinski definition) is 3. The molecule has 0 spiro atoms. The van der Waals surface area contributed by atoms with Gasteiger partial charge in [0, 0.05) is 24.8 Å². The van der Waals surface area contributed by atoms with Crippen molar-refractivity contribution in [1.82, 2.24) is 14.7 Å². The number of halogens is 1. The van der Waals surface area contributed by atoms with Crippen molar-refractivity contribution in [3.05, 3.63) is 47.2 Å². The highest BCUT2D eigenvalue weighted by molar-refractivity contribution is 6.30. The van der Waals surface area contributed by atoms with Crippen LogP contribution in [0.3, 0.4) is 0 Å². The van der Waals surface area contributed by atoms with Crippen molar-refractivity contribution >= 4 is 17.5 Å². The molecule has 0 bridgehead atoms. The maximum Gasteiger partial charge on any atom is 0.256 e. The van der Waals surface area contributed by atoms with Gasteiger partial charge in [0.05, 0.1) is 23.0 Å². The zero-order valence-electron chi connectivity index (χ0n) is 12.2. The quantitative estimate of drug-likeness (QED) is 0.943. The summed E-state index contributed by atoms with van der Waals surface area (Å²) in [5.41, 5.74) is 0.358. The Morgan fingerprint density at radius 1 is 1.38 bits per heavy atom. The number of carbonyl (C=O) groups excluding carboxylic acids is 1. The topological polar surface area (TPSA) is 58.4 Å². The predicted molar refractivity (Wildman–Crippen MR) is 81.8 cm³/mol. The van der Waals surface area contributed by atoms with Crippen LogP contribution in [0.4, 0.5) is 0 Å². The number of hydrogen-bond donors (Lipinski definition) is 1. The number of carbonyl (C=O) groups is 1. The van der Waals surface area contributed by atoms with Gasteiger partial charge in [0.2, 0.25) is 0 Å². The van der Waals surface area contributed by atoms with Gasteiger partial charge in [-0.05, 0) is 38.1 Å². The Morgan fingerprint density at radius 2 is 2.00 bits per heavy atom. The van der Waals surface area contributed by atoms with Gasteiger partial charge in [-0.3, -0.25) is 4.79 Å². The lowest BCUT2D eigenvalue weighted by molar-refractivity contribution is 0.0368. The zero-order valence-corrected chi connectivity index (χ0v) is 13.0. The number of aromatic nitrogens is 2. The third kappa shape index (κ3) is 4.06. The molecule has 1 aromatic carbocycles. The number of rotatable bonds is 4. The minimum absolute atomic E-state index is 0.183. The van der Waals surface area contributed by atoms with E-state index in [9.17, 15) is 9.90 Å². The van der Waals surface area contributed by atoms with Crippen molar-refractivity contribution in [2.24, 2.45) is 0 Å². The fourth-order valence-electron chi connectivity index (χ4n) is 2.04. The molecule has 0 fully saturated rings. The summed E-state index contributed by atoms with van der Waals surface area (Å²) in [5.74, 6) is -0.183. The average molecular weight is 308 g/mol. The molecule has 0 atom stereocenters. The van der Waals surface area contributed by atoms with Crippen LogP contribution in [0.1, 0.15) is 24.2 Å². The minimum Gasteiger partial charge on any atom is -0.389 e. The van der Waals surface area contributed by atoms with Crippen molar-refractivity contribution in [1.29, 1.82) is 0 Å². The van der Waals surface area contributed by atoms with Crippen LogP contribution < -0.4 is 0 Å². The lowest BCUT2D eigenvalue weighted by atomic mass is 10.1. The van der Waals surface area contributed by atoms with Gasteiger partial charge in [0.15, 0.2) is 0 Å². The van der Waals surface area contributed by atoms with Crippen LogP contribution in [0.5, 0.6) is 0 Å². The molecule has 1 aromatic heterocycles. The van der Waals surface area contributed by atoms with E-state index in [1.165, 1.54) is 11.1 Å². The number of benzene rings is 1. The molecule has 0 radical (unpaired) electrons. The van der Waals surface area contributed by atoms with E-state index in [-0.39, 0.29) is 12.5 Å². The molecule has 21 heavy (non-hydrogen) atoms. The van der Waals surface area contributed by atoms with Crippen molar-refractivity contribution in [2.75, 3.05) is 13.6 Å². The zero-order chi connectivity index (χ0) is 15.6. The lowest BCUT2D eigenvalue weighted by Gasteiger charge is -2.25. The van der Waals surface area contributed by atoms with Crippen LogP contribution >= 0.6 is 11.6 Å². The maximum absolute atomic E-state index is 12.3. The summed E-state index contributed by atoms with van der Waals surface area (Å²) in [5, 5.41) is 14.6. The van der Waals surface area contributed by atoms with Gasteiger partial charge >= 0.3 is 0 Å². The van der Waals surface area contributed by atoms with E-state index in [0.717, 1.165) is 5.69 Å². The molecule has 1 amide bonds. The molecular weight excluding hydrogens is 290 g/mol. The second kappa shape index (κ2) is 5.87. The molecule has 5 nitrogen and oxygen atoms in total. The highest BCUT2D eigenvalue weighted by Crippen LogP contribution is 2.14. The van der Waals surface area contributed by atoms with Crippen LogP contribution in [-0.4, -0.2) is 44.9 Å². The summed E-state index contributed by atoms with van der Waals surface area (Å²) in [6.07, 6.45) is 3.17. The van der Waals surface area contributed by atoms with Gasteiger partial charge in [-0.15, -0.1) is 0 Å². The Kier molecular flexibility index (Phi) is 4.34. The van der Waals surface area contributed by atoms with Crippen molar-refractivity contribution in [3.63, 3.8) is 0 Å². The molecule has 0 aliphatic rings. The second-order valence-corrected chi connectivity index (χ2v) is 6.06. The van der Waals surface area contributed by atoms with E-state index in [4.69, 9.17) is 11.6 Å². The first-order chi connectivity index (χ1) is 9.76. The van der Waals surface area contributed by atoms with E-state index in [2.05, 4.69) is 5.10 Å². The maximum atomic E-state index is 12.3. The first-order valence-corrected chi connectivity index (χ1v) is 6.92. The number of nitrogens with zero attached hydrogens (tertiary/aromatic N) is 3. The fraction of sp³-hybridized carbons (Fsp3) is 0.333. The third-order valence-corrected chi connectivity index (χ3v) is 3.14. The average Bonchev–Trinajstić information content (AvgIpc) is 2.86. The summed E-state index contributed by atoms with van der Waals surface area (Å²) in [7, 11) is 1.65. The molecule has 0 aliphatic heterocycles. The van der Waals surface area contributed by atoms with Crippen LogP contribution in [0, 0.1) is 0 Å². The Labute approximate surface area is 128 Å². The Balaban J connectivity index is 2.16. The Bertz CT molecular complexity index is 629. The number of aliphatic hydroxyl groups is 1. The molecule has 2 rings (SSSR count). The molecule has 0 unspecified atom stereocenters. The Morgan fingerprint density at radius 3 is 2.57 bits per heavy atom. The van der Waals surface area contributed by atoms with Crippen molar-refractivity contribution < 1.29 is 9.90 Å². The van der Waals surface area contributed by atoms with Gasteiger partial charge in [-0.1, -0.05) is 11.6 Å². The third-order valence-electron chi connectivity index (χ3n) is 2.89. The van der Waals surface area contributed by atoms with Crippen LogP contribution in [0.15, 0.2) is 36.7 Å². The number of likely N-dealkylation sites (N-methyl/N-ethyl adjacent to an activating group) is 1. The highest BCUT2D eigenvalue weighted by Gasteiger charge is 2.21. The van der Waals surface area contributed by atoms with E-state index in [1.54, 1.807) is 43.9 Å². The van der Waals surface area contributed by atoms with E-state index < -0.39 is 5.60 Å². The SMILES string of the molecule is CN(CC(C)(C)O)C(=O)c1cnn(-c2ccc(Cl)cc2)c1. The smallest absolute Gasteiger partial charge is 0.256 e. The summed E-state index contributed by atoms with van der Waals surface area (Å²) < 4.78 is 1.61. The molecule has 1 N–H and O–H groups in total. The fourth-order valence-corrected chi connectivity index (χ4v) is 2.17. The predicted octanol–water partition coefficient (Wildman–Crippen LogP) is 2.37.